The Morgan fingerprint density at radius 3 is 0.893 bits per heavy atom. The predicted octanol–water partition coefficient (Wildman–Crippen LogP) is 16.7. The SMILES string of the molecule is CCCCCCC(CC=CCCCCCCCC(=O)OCC(COC(=O)CCCCCCC/C=C/CC(CCCCCC)OC(C)=O)OC(=O)CCCCCCCC=CCC(CCCCCC)OC(C)=O)OC(C)=O. The van der Waals surface area contributed by atoms with Crippen LogP contribution in [0.1, 0.15) is 292 Å². The number of ether oxygens (including phenoxy) is 6. The summed E-state index contributed by atoms with van der Waals surface area (Å²) in [5.74, 6) is -1.78. The highest BCUT2D eigenvalue weighted by Crippen LogP contribution is 2.18. The zero-order chi connectivity index (χ0) is 55.3. The van der Waals surface area contributed by atoms with E-state index in [2.05, 4.69) is 57.2 Å². The average molecular weight is 1060 g/mol. The standard InChI is InChI=1S/C63H110O12/c1-7-10-13-34-43-57(72-54(4)64)46-37-28-22-16-19-25-31-40-49-61(67)70-52-60(75-63(69)51-42-33-27-21-18-24-30-39-48-59(74-56(6)66)45-36-15-12-9-3)53-71-62(68)50-41-32-26-20-17-23-29-38-47-58(73-55(5)65)44-35-14-11-8-2/h28-30,37-39,57-60H,7-27,31-36,40-53H2,1-6H3/b37-28+,38-29?,39-30?. The van der Waals surface area contributed by atoms with Gasteiger partial charge in [0.2, 0.25) is 0 Å². The van der Waals surface area contributed by atoms with Crippen LogP contribution in [0.3, 0.4) is 0 Å². The Hall–Kier alpha value is -3.96. The van der Waals surface area contributed by atoms with E-state index in [1.807, 2.05) is 0 Å². The van der Waals surface area contributed by atoms with Gasteiger partial charge in [0.15, 0.2) is 6.10 Å². The molecule has 0 aromatic rings. The molecule has 0 bridgehead atoms. The Bertz CT molecular complexity index is 1430. The average Bonchev–Trinajstić information content (AvgIpc) is 3.37. The normalized spacial score (nSPS) is 13.2. The molecule has 0 aliphatic carbocycles. The van der Waals surface area contributed by atoms with Crippen LogP contribution in [0.5, 0.6) is 0 Å². The van der Waals surface area contributed by atoms with Gasteiger partial charge >= 0.3 is 35.8 Å². The van der Waals surface area contributed by atoms with Gasteiger partial charge in [0, 0.05) is 59.3 Å². The van der Waals surface area contributed by atoms with Crippen molar-refractivity contribution in [1.29, 1.82) is 0 Å². The van der Waals surface area contributed by atoms with Crippen LogP contribution >= 0.6 is 0 Å². The maximum Gasteiger partial charge on any atom is 0.306 e. The molecule has 0 aromatic heterocycles. The molecule has 0 aromatic carbocycles. The minimum absolute atomic E-state index is 0.0489. The predicted molar refractivity (Wildman–Crippen MR) is 303 cm³/mol. The monoisotopic (exact) mass is 1060 g/mol. The highest BCUT2D eigenvalue weighted by atomic mass is 16.6. The first-order chi connectivity index (χ1) is 36.4. The summed E-state index contributed by atoms with van der Waals surface area (Å²) in [6.45, 7) is 10.7. The molecule has 0 radical (unpaired) electrons. The lowest BCUT2D eigenvalue weighted by molar-refractivity contribution is -0.167. The third kappa shape index (κ3) is 51.9. The lowest BCUT2D eigenvalue weighted by atomic mass is 10.1. The Morgan fingerprint density at radius 2 is 0.587 bits per heavy atom. The van der Waals surface area contributed by atoms with Gasteiger partial charge in [0.25, 0.3) is 0 Å². The maximum atomic E-state index is 12.9. The van der Waals surface area contributed by atoms with Crippen molar-refractivity contribution in [3.05, 3.63) is 36.5 Å². The maximum absolute atomic E-state index is 12.9. The number of esters is 6. The molecule has 0 spiro atoms. The highest BCUT2D eigenvalue weighted by Gasteiger charge is 2.20. The molecule has 0 fully saturated rings. The second-order valence-electron chi connectivity index (χ2n) is 20.8. The number of rotatable bonds is 53. The molecule has 0 aliphatic heterocycles. The van der Waals surface area contributed by atoms with Crippen LogP contribution in [0, 0.1) is 0 Å². The van der Waals surface area contributed by atoms with Crippen molar-refractivity contribution in [2.75, 3.05) is 13.2 Å². The van der Waals surface area contributed by atoms with E-state index in [1.54, 1.807) is 0 Å². The molecule has 75 heavy (non-hydrogen) atoms. The van der Waals surface area contributed by atoms with E-state index in [1.165, 1.54) is 72.1 Å². The second-order valence-corrected chi connectivity index (χ2v) is 20.8. The summed E-state index contributed by atoms with van der Waals surface area (Å²) in [6.07, 6.45) is 48.6. The van der Waals surface area contributed by atoms with E-state index in [9.17, 15) is 28.8 Å². The summed E-state index contributed by atoms with van der Waals surface area (Å²) in [5, 5.41) is 0. The molecular weight excluding hydrogens is 949 g/mol. The minimum Gasteiger partial charge on any atom is -0.462 e. The number of hydrogen-bond acceptors (Lipinski definition) is 12. The molecule has 0 rings (SSSR count). The van der Waals surface area contributed by atoms with Crippen molar-refractivity contribution >= 4 is 35.8 Å². The van der Waals surface area contributed by atoms with E-state index in [0.29, 0.717) is 19.3 Å². The fraction of sp³-hybridized carbons (Fsp3) is 0.810. The van der Waals surface area contributed by atoms with Gasteiger partial charge in [-0.2, -0.15) is 0 Å². The lowest BCUT2D eigenvalue weighted by Crippen LogP contribution is -2.30. The molecule has 0 amide bonds. The molecule has 12 heteroatoms. The number of carbonyl (C=O) groups is 6. The van der Waals surface area contributed by atoms with Crippen LogP contribution in [0.25, 0.3) is 0 Å². The Balaban J connectivity index is 4.79. The quantitative estimate of drug-likeness (QED) is 0.0246. The first kappa shape index (κ1) is 71.0. The van der Waals surface area contributed by atoms with Crippen molar-refractivity contribution in [2.24, 2.45) is 0 Å². The van der Waals surface area contributed by atoms with E-state index in [-0.39, 0.29) is 80.6 Å². The molecule has 4 atom stereocenters. The largest absolute Gasteiger partial charge is 0.462 e. The third-order valence-electron chi connectivity index (χ3n) is 13.2. The van der Waals surface area contributed by atoms with E-state index < -0.39 is 12.1 Å². The van der Waals surface area contributed by atoms with Crippen molar-refractivity contribution in [2.45, 2.75) is 316 Å². The zero-order valence-electron chi connectivity index (χ0n) is 48.7. The fourth-order valence-corrected chi connectivity index (χ4v) is 8.94. The summed E-state index contributed by atoms with van der Waals surface area (Å²) in [5.41, 5.74) is 0. The lowest BCUT2D eigenvalue weighted by Gasteiger charge is -2.18. The zero-order valence-corrected chi connectivity index (χ0v) is 48.7. The van der Waals surface area contributed by atoms with Gasteiger partial charge in [-0.3, -0.25) is 28.8 Å². The van der Waals surface area contributed by atoms with E-state index in [0.717, 1.165) is 161 Å². The van der Waals surface area contributed by atoms with Crippen molar-refractivity contribution in [3.8, 4) is 0 Å². The number of unbranched alkanes of at least 4 members (excludes halogenated alkanes) is 24. The summed E-state index contributed by atoms with van der Waals surface area (Å²) in [7, 11) is 0. The molecule has 0 N–H and O–H groups in total. The minimum atomic E-state index is -0.870. The Labute approximate surface area is 457 Å². The Kier molecular flexibility index (Phi) is 50.6. The van der Waals surface area contributed by atoms with Crippen molar-refractivity contribution in [3.63, 3.8) is 0 Å². The molecule has 4 unspecified atom stereocenters. The summed E-state index contributed by atoms with van der Waals surface area (Å²) in [4.78, 5) is 73.0. The summed E-state index contributed by atoms with van der Waals surface area (Å²) < 4.78 is 33.4. The topological polar surface area (TPSA) is 158 Å². The molecule has 12 nitrogen and oxygen atoms in total. The van der Waals surface area contributed by atoms with E-state index in [4.69, 9.17) is 28.4 Å². The number of carbonyl (C=O) groups excluding carboxylic acids is 6. The van der Waals surface area contributed by atoms with Gasteiger partial charge in [-0.05, 0) is 96.3 Å². The van der Waals surface area contributed by atoms with Gasteiger partial charge in [-0.25, -0.2) is 0 Å². The number of hydrogen-bond donors (Lipinski definition) is 0. The van der Waals surface area contributed by atoms with Crippen LogP contribution in [-0.2, 0) is 57.2 Å². The smallest absolute Gasteiger partial charge is 0.306 e. The van der Waals surface area contributed by atoms with Crippen LogP contribution in [0.4, 0.5) is 0 Å². The highest BCUT2D eigenvalue weighted by molar-refractivity contribution is 5.71. The first-order valence-corrected chi connectivity index (χ1v) is 30.4. The van der Waals surface area contributed by atoms with Crippen LogP contribution in [0.2, 0.25) is 0 Å². The van der Waals surface area contributed by atoms with Gasteiger partial charge in [-0.1, -0.05) is 173 Å². The third-order valence-corrected chi connectivity index (χ3v) is 13.2. The molecule has 0 aliphatic rings. The van der Waals surface area contributed by atoms with Crippen LogP contribution < -0.4 is 0 Å². The van der Waals surface area contributed by atoms with Gasteiger partial charge in [-0.15, -0.1) is 0 Å². The molecular formula is C63H110O12. The Morgan fingerprint density at radius 1 is 0.307 bits per heavy atom. The van der Waals surface area contributed by atoms with Gasteiger partial charge in [0.05, 0.1) is 0 Å². The first-order valence-electron chi connectivity index (χ1n) is 30.4. The molecule has 0 heterocycles. The van der Waals surface area contributed by atoms with Gasteiger partial charge < -0.3 is 28.4 Å². The van der Waals surface area contributed by atoms with Crippen LogP contribution in [-0.4, -0.2) is 73.4 Å². The van der Waals surface area contributed by atoms with Gasteiger partial charge in [0.1, 0.15) is 31.5 Å². The van der Waals surface area contributed by atoms with Crippen molar-refractivity contribution < 1.29 is 57.2 Å². The molecule has 0 saturated heterocycles. The fourth-order valence-electron chi connectivity index (χ4n) is 8.94. The molecule has 434 valence electrons. The molecule has 0 saturated carbocycles. The van der Waals surface area contributed by atoms with E-state index >= 15 is 0 Å². The second kappa shape index (κ2) is 53.4. The van der Waals surface area contributed by atoms with Crippen LogP contribution in [0.15, 0.2) is 36.5 Å². The summed E-state index contributed by atoms with van der Waals surface area (Å²) in [6, 6.07) is 0. The van der Waals surface area contributed by atoms with Crippen molar-refractivity contribution in [1.82, 2.24) is 0 Å². The number of allylic oxidation sites excluding steroid dienone is 3. The summed E-state index contributed by atoms with van der Waals surface area (Å²) >= 11 is 0.